The smallest absolute Gasteiger partial charge is 0.137 e. The van der Waals surface area contributed by atoms with Gasteiger partial charge in [0, 0.05) is 50.4 Å². The molecule has 31 heavy (non-hydrogen) atoms. The number of aromatic nitrogens is 2. The second-order valence-corrected chi connectivity index (χ2v) is 8.58. The quantitative estimate of drug-likeness (QED) is 0.547. The predicted octanol–water partition coefficient (Wildman–Crippen LogP) is 4.11. The van der Waals surface area contributed by atoms with E-state index >= 15 is 0 Å². The van der Waals surface area contributed by atoms with Crippen molar-refractivity contribution < 1.29 is 4.42 Å². The van der Waals surface area contributed by atoms with Gasteiger partial charge in [0.15, 0.2) is 0 Å². The van der Waals surface area contributed by atoms with E-state index in [2.05, 4.69) is 77.5 Å². The van der Waals surface area contributed by atoms with Gasteiger partial charge in [0.05, 0.1) is 23.9 Å². The molecule has 0 radical (unpaired) electrons. The topological polar surface area (TPSA) is 40.7 Å². The highest BCUT2D eigenvalue weighted by atomic mass is 16.3. The molecule has 0 saturated carbocycles. The molecule has 1 saturated heterocycles. The highest BCUT2D eigenvalue weighted by Gasteiger charge is 2.26. The molecule has 0 unspecified atom stereocenters. The molecule has 166 valence electrons. The molecule has 0 N–H and O–H groups in total. The lowest BCUT2D eigenvalue weighted by atomic mass is 10.1. The number of aryl methyl sites for hydroxylation is 2. The Morgan fingerprint density at radius 1 is 1.06 bits per heavy atom. The third-order valence-electron chi connectivity index (χ3n) is 6.24. The minimum atomic E-state index is 0.883. The number of furan rings is 1. The zero-order valence-electron chi connectivity index (χ0n) is 19.3. The molecule has 0 bridgehead atoms. The zero-order chi connectivity index (χ0) is 21.8. The van der Waals surface area contributed by atoms with Crippen LogP contribution in [0, 0.1) is 6.92 Å². The van der Waals surface area contributed by atoms with E-state index in [4.69, 9.17) is 9.52 Å². The van der Waals surface area contributed by atoms with Crippen molar-refractivity contribution in [2.75, 3.05) is 44.7 Å². The Hall–Kier alpha value is -2.57. The normalized spacial score (nSPS) is 15.2. The van der Waals surface area contributed by atoms with E-state index in [1.807, 2.05) is 6.26 Å². The first-order chi connectivity index (χ1) is 15.1. The van der Waals surface area contributed by atoms with Crippen molar-refractivity contribution in [2.24, 2.45) is 0 Å². The lowest BCUT2D eigenvalue weighted by molar-refractivity contribution is 0.269. The van der Waals surface area contributed by atoms with Gasteiger partial charge in [-0.1, -0.05) is 26.0 Å². The Bertz CT molecular complexity index is 970. The lowest BCUT2D eigenvalue weighted by Gasteiger charge is -2.35. The standard InChI is InChI=1S/C25H35N5O/c1-5-24-23(18-28(6-2)17-21-10-15-31-19-21)25(29-13-11-27(4)12-14-29)30(26-24)22-9-7-8-20(3)16-22/h7-10,15-16,19H,5-6,11-14,17-18H2,1-4H3. The van der Waals surface area contributed by atoms with Gasteiger partial charge in [0.25, 0.3) is 0 Å². The fourth-order valence-corrected chi connectivity index (χ4v) is 4.36. The van der Waals surface area contributed by atoms with Gasteiger partial charge in [-0.3, -0.25) is 4.90 Å². The Morgan fingerprint density at radius 3 is 2.52 bits per heavy atom. The highest BCUT2D eigenvalue weighted by Crippen LogP contribution is 2.31. The molecule has 0 atom stereocenters. The number of nitrogens with zero attached hydrogens (tertiary/aromatic N) is 5. The van der Waals surface area contributed by atoms with E-state index in [1.165, 1.54) is 28.2 Å². The minimum absolute atomic E-state index is 0.883. The minimum Gasteiger partial charge on any atom is -0.472 e. The van der Waals surface area contributed by atoms with Crippen LogP contribution >= 0.6 is 0 Å². The number of likely N-dealkylation sites (N-methyl/N-ethyl adjacent to an activating group) is 1. The molecule has 1 aliphatic rings. The van der Waals surface area contributed by atoms with Gasteiger partial charge in [0.1, 0.15) is 5.82 Å². The lowest BCUT2D eigenvalue weighted by Crippen LogP contribution is -2.45. The van der Waals surface area contributed by atoms with Gasteiger partial charge >= 0.3 is 0 Å². The molecule has 1 fully saturated rings. The summed E-state index contributed by atoms with van der Waals surface area (Å²) < 4.78 is 7.49. The van der Waals surface area contributed by atoms with Crippen molar-refractivity contribution in [1.29, 1.82) is 0 Å². The maximum atomic E-state index is 5.30. The Labute approximate surface area is 186 Å². The monoisotopic (exact) mass is 421 g/mol. The first kappa shape index (κ1) is 21.7. The Kier molecular flexibility index (Phi) is 6.78. The summed E-state index contributed by atoms with van der Waals surface area (Å²) in [5.74, 6) is 1.26. The van der Waals surface area contributed by atoms with Crippen molar-refractivity contribution in [3.8, 4) is 5.69 Å². The van der Waals surface area contributed by atoms with Crippen LogP contribution in [0.4, 0.5) is 5.82 Å². The number of hydrogen-bond acceptors (Lipinski definition) is 5. The average molecular weight is 422 g/mol. The van der Waals surface area contributed by atoms with Crippen LogP contribution in [0.2, 0.25) is 0 Å². The summed E-state index contributed by atoms with van der Waals surface area (Å²) in [6.45, 7) is 13.5. The first-order valence-corrected chi connectivity index (χ1v) is 11.4. The van der Waals surface area contributed by atoms with E-state index in [1.54, 1.807) is 6.26 Å². The molecular weight excluding hydrogens is 386 g/mol. The van der Waals surface area contributed by atoms with E-state index in [0.29, 0.717) is 0 Å². The van der Waals surface area contributed by atoms with Crippen molar-refractivity contribution >= 4 is 5.82 Å². The molecule has 2 aromatic heterocycles. The fourth-order valence-electron chi connectivity index (χ4n) is 4.36. The SMILES string of the molecule is CCc1nn(-c2cccc(C)c2)c(N2CCN(C)CC2)c1CN(CC)Cc1ccoc1. The molecule has 1 aromatic carbocycles. The molecule has 1 aliphatic heterocycles. The maximum Gasteiger partial charge on any atom is 0.137 e. The van der Waals surface area contributed by atoms with Crippen molar-refractivity contribution in [2.45, 2.75) is 40.3 Å². The van der Waals surface area contributed by atoms with Crippen LogP contribution < -0.4 is 4.90 Å². The zero-order valence-corrected chi connectivity index (χ0v) is 19.3. The third-order valence-corrected chi connectivity index (χ3v) is 6.24. The van der Waals surface area contributed by atoms with Gasteiger partial charge in [-0.05, 0) is 50.7 Å². The van der Waals surface area contributed by atoms with E-state index in [9.17, 15) is 0 Å². The summed E-state index contributed by atoms with van der Waals surface area (Å²) in [7, 11) is 2.21. The van der Waals surface area contributed by atoms with E-state index in [-0.39, 0.29) is 0 Å². The summed E-state index contributed by atoms with van der Waals surface area (Å²) in [6, 6.07) is 10.7. The molecule has 0 aliphatic carbocycles. The van der Waals surface area contributed by atoms with Crippen LogP contribution in [0.3, 0.4) is 0 Å². The molecule has 0 spiro atoms. The van der Waals surface area contributed by atoms with Crippen LogP contribution in [-0.2, 0) is 19.5 Å². The number of piperazine rings is 1. The van der Waals surface area contributed by atoms with Crippen LogP contribution in [-0.4, -0.2) is 59.4 Å². The molecule has 4 rings (SSSR count). The summed E-state index contributed by atoms with van der Waals surface area (Å²) in [5, 5.41) is 5.13. The van der Waals surface area contributed by atoms with Gasteiger partial charge in [0.2, 0.25) is 0 Å². The summed E-state index contributed by atoms with van der Waals surface area (Å²) in [4.78, 5) is 7.41. The van der Waals surface area contributed by atoms with Gasteiger partial charge in [-0.2, -0.15) is 5.10 Å². The van der Waals surface area contributed by atoms with Crippen LogP contribution in [0.15, 0.2) is 47.3 Å². The molecular formula is C25H35N5O. The number of rotatable bonds is 8. The van der Waals surface area contributed by atoms with Crippen LogP contribution in [0.1, 0.15) is 36.2 Å². The summed E-state index contributed by atoms with van der Waals surface area (Å²) in [5.41, 5.74) is 6.17. The highest BCUT2D eigenvalue weighted by molar-refractivity contribution is 5.56. The maximum absolute atomic E-state index is 5.30. The van der Waals surface area contributed by atoms with Crippen molar-refractivity contribution in [3.63, 3.8) is 0 Å². The largest absolute Gasteiger partial charge is 0.472 e. The number of benzene rings is 1. The molecule has 6 nitrogen and oxygen atoms in total. The number of anilines is 1. The fraction of sp³-hybridized carbons (Fsp3) is 0.480. The molecule has 3 aromatic rings. The van der Waals surface area contributed by atoms with E-state index in [0.717, 1.165) is 57.9 Å². The van der Waals surface area contributed by atoms with Gasteiger partial charge < -0.3 is 14.2 Å². The van der Waals surface area contributed by atoms with E-state index < -0.39 is 0 Å². The molecule has 0 amide bonds. The van der Waals surface area contributed by atoms with Gasteiger partial charge in [-0.25, -0.2) is 4.68 Å². The summed E-state index contributed by atoms with van der Waals surface area (Å²) >= 11 is 0. The molecule has 6 heteroatoms. The first-order valence-electron chi connectivity index (χ1n) is 11.4. The van der Waals surface area contributed by atoms with Gasteiger partial charge in [-0.15, -0.1) is 0 Å². The summed E-state index contributed by atoms with van der Waals surface area (Å²) in [6.07, 6.45) is 4.53. The molecule has 3 heterocycles. The second-order valence-electron chi connectivity index (χ2n) is 8.58. The average Bonchev–Trinajstić information content (AvgIpc) is 3.41. The second kappa shape index (κ2) is 9.71. The van der Waals surface area contributed by atoms with Crippen LogP contribution in [0.5, 0.6) is 0 Å². The van der Waals surface area contributed by atoms with Crippen molar-refractivity contribution in [1.82, 2.24) is 19.6 Å². The predicted molar refractivity (Wildman–Crippen MR) is 126 cm³/mol. The Balaban J connectivity index is 1.75. The van der Waals surface area contributed by atoms with Crippen molar-refractivity contribution in [3.05, 3.63) is 65.2 Å². The van der Waals surface area contributed by atoms with Crippen LogP contribution in [0.25, 0.3) is 5.69 Å². The Morgan fingerprint density at radius 2 is 1.87 bits per heavy atom. The third kappa shape index (κ3) is 4.86. The number of hydrogen-bond donors (Lipinski definition) is 0.